The highest BCUT2D eigenvalue weighted by molar-refractivity contribution is 5.95. The van der Waals surface area contributed by atoms with Gasteiger partial charge in [-0.05, 0) is 51.8 Å². The van der Waals surface area contributed by atoms with Crippen LogP contribution in [0.4, 0.5) is 0 Å². The third kappa shape index (κ3) is 4.20. The molecule has 0 unspecified atom stereocenters. The minimum Gasteiger partial charge on any atom is -0.449 e. The van der Waals surface area contributed by atoms with Gasteiger partial charge in [-0.25, -0.2) is 9.78 Å². The number of benzene rings is 1. The molecule has 0 radical (unpaired) electrons. The second-order valence-electron chi connectivity index (χ2n) is 7.74. The molecule has 1 saturated carbocycles. The molecule has 1 heterocycles. The maximum absolute atomic E-state index is 12.6. The van der Waals surface area contributed by atoms with E-state index in [4.69, 9.17) is 4.74 Å². The minimum atomic E-state index is -1.04. The molecule has 0 aliphatic heterocycles. The molecule has 8 nitrogen and oxygen atoms in total. The first kappa shape index (κ1) is 21.5. The smallest absolute Gasteiger partial charge is 0.338 e. The van der Waals surface area contributed by atoms with Crippen molar-refractivity contribution >= 4 is 22.9 Å². The summed E-state index contributed by atoms with van der Waals surface area (Å²) < 4.78 is 6.92. The van der Waals surface area contributed by atoms with Gasteiger partial charge in [0.05, 0.1) is 22.7 Å². The Morgan fingerprint density at radius 1 is 1.33 bits per heavy atom. The summed E-state index contributed by atoms with van der Waals surface area (Å²) in [5.41, 5.74) is 0.666. The molecule has 2 aromatic rings. The second kappa shape index (κ2) is 8.66. The zero-order valence-corrected chi connectivity index (χ0v) is 17.5. The Balaban J connectivity index is 1.76. The average Bonchev–Trinajstić information content (AvgIpc) is 2.74. The normalized spacial score (nSPS) is 16.5. The molecule has 30 heavy (non-hydrogen) atoms. The molecule has 0 bridgehead atoms. The van der Waals surface area contributed by atoms with E-state index >= 15 is 0 Å². The Morgan fingerprint density at radius 2 is 2.03 bits per heavy atom. The summed E-state index contributed by atoms with van der Waals surface area (Å²) in [4.78, 5) is 41.6. The van der Waals surface area contributed by atoms with Gasteiger partial charge in [-0.15, -0.1) is 0 Å². The van der Waals surface area contributed by atoms with Crippen molar-refractivity contribution in [3.05, 3.63) is 39.8 Å². The van der Waals surface area contributed by atoms with Crippen LogP contribution < -0.4 is 10.9 Å². The first-order chi connectivity index (χ1) is 14.3. The van der Waals surface area contributed by atoms with E-state index in [1.807, 2.05) is 6.92 Å². The van der Waals surface area contributed by atoms with E-state index in [0.717, 1.165) is 19.3 Å². The first-order valence-corrected chi connectivity index (χ1v) is 10.3. The Labute approximate surface area is 174 Å². The van der Waals surface area contributed by atoms with Crippen LogP contribution in [0.1, 0.15) is 62.0 Å². The van der Waals surface area contributed by atoms with E-state index in [1.165, 1.54) is 6.92 Å². The lowest BCUT2D eigenvalue weighted by Gasteiger charge is -2.32. The van der Waals surface area contributed by atoms with E-state index < -0.39 is 23.5 Å². The topological polar surface area (TPSA) is 114 Å². The van der Waals surface area contributed by atoms with Crippen LogP contribution in [0.5, 0.6) is 0 Å². The van der Waals surface area contributed by atoms with Gasteiger partial charge in [0.1, 0.15) is 11.2 Å². The molecule has 1 amide bonds. The van der Waals surface area contributed by atoms with Crippen molar-refractivity contribution in [2.24, 2.45) is 0 Å². The number of nitriles is 1. The van der Waals surface area contributed by atoms with Crippen LogP contribution in [-0.2, 0) is 16.1 Å². The van der Waals surface area contributed by atoms with Crippen LogP contribution in [-0.4, -0.2) is 33.1 Å². The van der Waals surface area contributed by atoms with Gasteiger partial charge < -0.3 is 14.6 Å². The van der Waals surface area contributed by atoms with Crippen molar-refractivity contribution in [1.29, 1.82) is 5.26 Å². The van der Waals surface area contributed by atoms with Crippen molar-refractivity contribution in [1.82, 2.24) is 14.9 Å². The lowest BCUT2D eigenvalue weighted by Crippen LogP contribution is -2.52. The molecule has 3 rings (SSSR count). The summed E-state index contributed by atoms with van der Waals surface area (Å²) in [6, 6.07) is 6.98. The van der Waals surface area contributed by atoms with Gasteiger partial charge in [0, 0.05) is 6.54 Å². The van der Waals surface area contributed by atoms with Gasteiger partial charge in [0.15, 0.2) is 6.10 Å². The van der Waals surface area contributed by atoms with Gasteiger partial charge >= 0.3 is 5.97 Å². The van der Waals surface area contributed by atoms with E-state index in [2.05, 4.69) is 16.4 Å². The van der Waals surface area contributed by atoms with Crippen molar-refractivity contribution in [2.45, 2.75) is 71.1 Å². The summed E-state index contributed by atoms with van der Waals surface area (Å²) in [6.45, 7) is 5.46. The number of nitrogens with one attached hydrogen (secondary N) is 1. The Morgan fingerprint density at radius 3 is 2.67 bits per heavy atom. The number of nitrogens with zero attached hydrogens (tertiary/aromatic N) is 3. The Kier molecular flexibility index (Phi) is 6.20. The Bertz CT molecular complexity index is 1080. The minimum absolute atomic E-state index is 0.167. The van der Waals surface area contributed by atoms with Crippen LogP contribution in [0.25, 0.3) is 11.0 Å². The Hall–Kier alpha value is -3.21. The number of aryl methyl sites for hydroxylation is 2. The summed E-state index contributed by atoms with van der Waals surface area (Å²) in [7, 11) is 0. The van der Waals surface area contributed by atoms with E-state index in [-0.39, 0.29) is 11.1 Å². The number of aromatic nitrogens is 2. The lowest BCUT2D eigenvalue weighted by atomic mass is 9.83. The fourth-order valence-corrected chi connectivity index (χ4v) is 3.86. The molecular weight excluding hydrogens is 384 g/mol. The molecule has 1 aliphatic rings. The molecule has 1 N–H and O–H groups in total. The highest BCUT2D eigenvalue weighted by atomic mass is 16.5. The second-order valence-corrected chi connectivity index (χ2v) is 7.74. The molecule has 1 atom stereocenters. The zero-order valence-electron chi connectivity index (χ0n) is 17.5. The van der Waals surface area contributed by atoms with E-state index in [0.29, 0.717) is 36.1 Å². The lowest BCUT2D eigenvalue weighted by molar-refractivity contribution is -0.130. The molecule has 1 aromatic heterocycles. The van der Waals surface area contributed by atoms with Crippen molar-refractivity contribution in [2.75, 3.05) is 0 Å². The molecular formula is C22H26N4O4. The monoisotopic (exact) mass is 410 g/mol. The molecule has 0 saturated heterocycles. The molecule has 1 aliphatic carbocycles. The molecule has 158 valence electrons. The van der Waals surface area contributed by atoms with Crippen molar-refractivity contribution < 1.29 is 14.3 Å². The number of carbonyl (C=O) groups is 2. The molecule has 1 aromatic carbocycles. The number of esters is 1. The number of rotatable bonds is 5. The number of fused-ring (bicyclic) bond motifs is 1. The number of hydrogen-bond donors (Lipinski definition) is 1. The van der Waals surface area contributed by atoms with E-state index in [9.17, 15) is 19.6 Å². The predicted molar refractivity (Wildman–Crippen MR) is 111 cm³/mol. The number of amides is 1. The van der Waals surface area contributed by atoms with Gasteiger partial charge in [-0.2, -0.15) is 5.26 Å². The van der Waals surface area contributed by atoms with E-state index in [1.54, 1.807) is 29.7 Å². The highest BCUT2D eigenvalue weighted by Crippen LogP contribution is 2.27. The maximum atomic E-state index is 12.6. The first-order valence-electron chi connectivity index (χ1n) is 10.3. The van der Waals surface area contributed by atoms with Crippen LogP contribution in [0, 0.1) is 18.3 Å². The molecule has 1 fully saturated rings. The largest absolute Gasteiger partial charge is 0.449 e. The fraction of sp³-hybridized carbons (Fsp3) is 0.500. The quantitative estimate of drug-likeness (QED) is 0.758. The van der Waals surface area contributed by atoms with Gasteiger partial charge in [-0.3, -0.25) is 9.59 Å². The third-order valence-electron chi connectivity index (χ3n) is 5.60. The third-order valence-corrected chi connectivity index (χ3v) is 5.60. The summed E-state index contributed by atoms with van der Waals surface area (Å²) in [6.07, 6.45) is 2.98. The van der Waals surface area contributed by atoms with Crippen molar-refractivity contribution in [3.63, 3.8) is 0 Å². The van der Waals surface area contributed by atoms with Crippen LogP contribution >= 0.6 is 0 Å². The van der Waals surface area contributed by atoms with Gasteiger partial charge in [0.25, 0.3) is 11.5 Å². The van der Waals surface area contributed by atoms with Gasteiger partial charge in [0.2, 0.25) is 0 Å². The highest BCUT2D eigenvalue weighted by Gasteiger charge is 2.35. The predicted octanol–water partition coefficient (Wildman–Crippen LogP) is 2.61. The van der Waals surface area contributed by atoms with Crippen LogP contribution in [0.3, 0.4) is 0 Å². The summed E-state index contributed by atoms with van der Waals surface area (Å²) in [5.74, 6) is -1.15. The maximum Gasteiger partial charge on any atom is 0.338 e. The number of carbonyl (C=O) groups excluding carboxylic acids is 2. The summed E-state index contributed by atoms with van der Waals surface area (Å²) in [5, 5.41) is 12.3. The number of hydrogen-bond acceptors (Lipinski definition) is 6. The molecule has 0 spiro atoms. The fourth-order valence-electron chi connectivity index (χ4n) is 3.86. The zero-order chi connectivity index (χ0) is 21.9. The summed E-state index contributed by atoms with van der Waals surface area (Å²) >= 11 is 0. The standard InChI is InChI=1S/C22H26N4O4/c1-4-26-18-9-8-16(12-17(18)24-14(2)20(26)28)21(29)30-15(3)19(27)25-22(13-23)10-6-5-7-11-22/h8-9,12,15H,4-7,10-11H2,1-3H3,(H,25,27)/t15-/m0/s1. The average molecular weight is 410 g/mol. The van der Waals surface area contributed by atoms with Crippen molar-refractivity contribution in [3.8, 4) is 6.07 Å². The van der Waals surface area contributed by atoms with Crippen LogP contribution in [0.2, 0.25) is 0 Å². The van der Waals surface area contributed by atoms with Gasteiger partial charge in [-0.1, -0.05) is 19.3 Å². The van der Waals surface area contributed by atoms with Crippen LogP contribution in [0.15, 0.2) is 23.0 Å². The SMILES string of the molecule is CCn1c(=O)c(C)nc2cc(C(=O)O[C@@H](C)C(=O)NC3(C#N)CCCCC3)ccc21. The number of ether oxygens (including phenoxy) is 1. The molecule has 8 heteroatoms.